The van der Waals surface area contributed by atoms with E-state index >= 15 is 0 Å². The maximum absolute atomic E-state index is 11.6. The van der Waals surface area contributed by atoms with Crippen molar-refractivity contribution in [2.45, 2.75) is 77.7 Å². The van der Waals surface area contributed by atoms with E-state index in [2.05, 4.69) is 26.1 Å². The lowest BCUT2D eigenvalue weighted by Gasteiger charge is -2.39. The molecule has 0 saturated heterocycles. The van der Waals surface area contributed by atoms with Gasteiger partial charge in [-0.1, -0.05) is 37.8 Å². The third-order valence-electron chi connectivity index (χ3n) is 5.58. The first-order valence-corrected chi connectivity index (χ1v) is 8.82. The summed E-state index contributed by atoms with van der Waals surface area (Å²) in [6.45, 7) is 4.51. The SMILES string of the molecule is COC(=O)CCC1(C=NC2CCCCC2)CC=C(C)CC1C. The van der Waals surface area contributed by atoms with Crippen molar-refractivity contribution in [1.82, 2.24) is 0 Å². The molecule has 0 aromatic rings. The van der Waals surface area contributed by atoms with Crippen LogP contribution in [-0.4, -0.2) is 25.3 Å². The molecule has 0 amide bonds. The summed E-state index contributed by atoms with van der Waals surface area (Å²) in [7, 11) is 1.47. The smallest absolute Gasteiger partial charge is 0.305 e. The van der Waals surface area contributed by atoms with Crippen molar-refractivity contribution >= 4 is 12.2 Å². The summed E-state index contributed by atoms with van der Waals surface area (Å²) in [5, 5.41) is 0. The average molecular weight is 305 g/mol. The van der Waals surface area contributed by atoms with Gasteiger partial charge in [-0.2, -0.15) is 0 Å². The van der Waals surface area contributed by atoms with E-state index in [4.69, 9.17) is 9.73 Å². The summed E-state index contributed by atoms with van der Waals surface area (Å²) >= 11 is 0. The first kappa shape index (κ1) is 17.2. The molecule has 0 spiro atoms. The number of ether oxygens (including phenoxy) is 1. The van der Waals surface area contributed by atoms with Gasteiger partial charge < -0.3 is 4.74 Å². The van der Waals surface area contributed by atoms with Crippen LogP contribution < -0.4 is 0 Å². The fourth-order valence-electron chi connectivity index (χ4n) is 3.85. The third-order valence-corrected chi connectivity index (χ3v) is 5.58. The van der Waals surface area contributed by atoms with Gasteiger partial charge in [0.15, 0.2) is 0 Å². The van der Waals surface area contributed by atoms with Gasteiger partial charge in [0.25, 0.3) is 0 Å². The molecule has 0 heterocycles. The molecule has 2 rings (SSSR count). The van der Waals surface area contributed by atoms with Gasteiger partial charge >= 0.3 is 5.97 Å². The van der Waals surface area contributed by atoms with Crippen LogP contribution in [0.4, 0.5) is 0 Å². The summed E-state index contributed by atoms with van der Waals surface area (Å²) in [5.74, 6) is 0.429. The number of methoxy groups -OCH3 is 1. The van der Waals surface area contributed by atoms with Crippen LogP contribution in [0.5, 0.6) is 0 Å². The van der Waals surface area contributed by atoms with Crippen molar-refractivity contribution in [3.63, 3.8) is 0 Å². The predicted molar refractivity (Wildman–Crippen MR) is 91.2 cm³/mol. The second-order valence-corrected chi connectivity index (χ2v) is 7.24. The standard InChI is InChI=1S/C19H31NO2/c1-15-9-11-19(16(2)13-15,12-10-18(21)22-3)14-20-17-7-5-4-6-8-17/h9,14,16-17H,4-8,10-13H2,1-3H3. The zero-order valence-corrected chi connectivity index (χ0v) is 14.4. The number of nitrogens with zero attached hydrogens (tertiary/aromatic N) is 1. The molecule has 3 heteroatoms. The second kappa shape index (κ2) is 7.94. The van der Waals surface area contributed by atoms with Gasteiger partial charge in [-0.05, 0) is 44.9 Å². The molecule has 124 valence electrons. The van der Waals surface area contributed by atoms with Crippen LogP contribution in [0.25, 0.3) is 0 Å². The number of hydrogen-bond acceptors (Lipinski definition) is 3. The molecule has 2 aliphatic carbocycles. The molecule has 1 fully saturated rings. The molecule has 0 radical (unpaired) electrons. The Balaban J connectivity index is 2.10. The summed E-state index contributed by atoms with van der Waals surface area (Å²) in [6, 6.07) is 0.503. The van der Waals surface area contributed by atoms with Gasteiger partial charge in [0, 0.05) is 24.1 Å². The lowest BCUT2D eigenvalue weighted by Crippen LogP contribution is -2.34. The Morgan fingerprint density at radius 2 is 2.14 bits per heavy atom. The maximum Gasteiger partial charge on any atom is 0.305 e. The average Bonchev–Trinajstić information content (AvgIpc) is 2.54. The topological polar surface area (TPSA) is 38.7 Å². The molecule has 0 N–H and O–H groups in total. The number of carbonyl (C=O) groups excluding carboxylic acids is 1. The Labute approximate surface area is 135 Å². The van der Waals surface area contributed by atoms with E-state index in [1.54, 1.807) is 0 Å². The number of aliphatic imine (C=N–C) groups is 1. The van der Waals surface area contributed by atoms with Crippen LogP contribution in [0.1, 0.15) is 71.6 Å². The minimum atomic E-state index is -0.107. The van der Waals surface area contributed by atoms with Crippen LogP contribution in [0, 0.1) is 11.3 Å². The largest absolute Gasteiger partial charge is 0.469 e. The van der Waals surface area contributed by atoms with Gasteiger partial charge in [-0.3, -0.25) is 9.79 Å². The third kappa shape index (κ3) is 4.44. The van der Waals surface area contributed by atoms with E-state index in [1.807, 2.05) is 0 Å². The van der Waals surface area contributed by atoms with Crippen molar-refractivity contribution < 1.29 is 9.53 Å². The minimum absolute atomic E-state index is 0.0329. The lowest BCUT2D eigenvalue weighted by atomic mass is 9.66. The van der Waals surface area contributed by atoms with Crippen molar-refractivity contribution in [3.05, 3.63) is 11.6 Å². The molecular formula is C19H31NO2. The molecule has 0 aromatic carbocycles. The molecule has 2 unspecified atom stereocenters. The highest BCUT2D eigenvalue weighted by molar-refractivity contribution is 5.72. The molecular weight excluding hydrogens is 274 g/mol. The Morgan fingerprint density at radius 1 is 1.41 bits per heavy atom. The Kier molecular flexibility index (Phi) is 6.22. The Bertz CT molecular complexity index is 435. The molecule has 3 nitrogen and oxygen atoms in total. The highest BCUT2D eigenvalue weighted by Crippen LogP contribution is 2.43. The highest BCUT2D eigenvalue weighted by atomic mass is 16.5. The first-order valence-electron chi connectivity index (χ1n) is 8.82. The number of esters is 1. The number of carbonyl (C=O) groups is 1. The number of hydrogen-bond donors (Lipinski definition) is 0. The summed E-state index contributed by atoms with van der Waals surface area (Å²) < 4.78 is 4.84. The molecule has 2 aliphatic rings. The maximum atomic E-state index is 11.6. The van der Waals surface area contributed by atoms with E-state index in [0.29, 0.717) is 18.4 Å². The summed E-state index contributed by atoms with van der Waals surface area (Å²) in [5.41, 5.74) is 1.50. The van der Waals surface area contributed by atoms with Crippen LogP contribution in [0.15, 0.2) is 16.6 Å². The summed E-state index contributed by atoms with van der Waals surface area (Å²) in [4.78, 5) is 16.5. The quantitative estimate of drug-likeness (QED) is 0.419. The Morgan fingerprint density at radius 3 is 2.77 bits per heavy atom. The van der Waals surface area contributed by atoms with E-state index in [9.17, 15) is 4.79 Å². The second-order valence-electron chi connectivity index (χ2n) is 7.24. The van der Waals surface area contributed by atoms with Crippen molar-refractivity contribution in [2.75, 3.05) is 7.11 Å². The molecule has 0 bridgehead atoms. The fraction of sp³-hybridized carbons (Fsp3) is 0.789. The summed E-state index contributed by atoms with van der Waals surface area (Å²) in [6.07, 6.45) is 14.5. The molecule has 22 heavy (non-hydrogen) atoms. The highest BCUT2D eigenvalue weighted by Gasteiger charge is 2.36. The van der Waals surface area contributed by atoms with Crippen LogP contribution in [-0.2, 0) is 9.53 Å². The van der Waals surface area contributed by atoms with Crippen molar-refractivity contribution in [3.8, 4) is 0 Å². The van der Waals surface area contributed by atoms with Gasteiger partial charge in [0.1, 0.15) is 0 Å². The molecule has 1 saturated carbocycles. The monoisotopic (exact) mass is 305 g/mol. The zero-order valence-electron chi connectivity index (χ0n) is 14.4. The van der Waals surface area contributed by atoms with Crippen LogP contribution in [0.2, 0.25) is 0 Å². The fourth-order valence-corrected chi connectivity index (χ4v) is 3.85. The van der Waals surface area contributed by atoms with E-state index < -0.39 is 0 Å². The van der Waals surface area contributed by atoms with Crippen molar-refractivity contribution in [2.24, 2.45) is 16.3 Å². The zero-order chi connectivity index (χ0) is 16.0. The van der Waals surface area contributed by atoms with Gasteiger partial charge in [-0.25, -0.2) is 0 Å². The number of allylic oxidation sites excluding steroid dienone is 2. The molecule has 0 aliphatic heterocycles. The normalized spacial score (nSPS) is 30.3. The van der Waals surface area contributed by atoms with E-state index in [-0.39, 0.29) is 11.4 Å². The van der Waals surface area contributed by atoms with E-state index in [0.717, 1.165) is 19.3 Å². The number of rotatable bonds is 5. The van der Waals surface area contributed by atoms with Gasteiger partial charge in [0.2, 0.25) is 0 Å². The predicted octanol–water partition coefficient (Wildman–Crippen LogP) is 4.71. The first-order chi connectivity index (χ1) is 10.6. The molecule has 2 atom stereocenters. The minimum Gasteiger partial charge on any atom is -0.469 e. The lowest BCUT2D eigenvalue weighted by molar-refractivity contribution is -0.141. The molecule has 0 aromatic heterocycles. The van der Waals surface area contributed by atoms with Gasteiger partial charge in [-0.15, -0.1) is 0 Å². The van der Waals surface area contributed by atoms with E-state index in [1.165, 1.54) is 44.8 Å². The van der Waals surface area contributed by atoms with Crippen LogP contribution in [0.3, 0.4) is 0 Å². The Hall–Kier alpha value is -1.12. The van der Waals surface area contributed by atoms with Crippen molar-refractivity contribution in [1.29, 1.82) is 0 Å². The van der Waals surface area contributed by atoms with Gasteiger partial charge in [0.05, 0.1) is 7.11 Å². The van der Waals surface area contributed by atoms with Crippen LogP contribution >= 0.6 is 0 Å².